The first-order valence-electron chi connectivity index (χ1n) is 8.22. The number of rotatable bonds is 5. The lowest BCUT2D eigenvalue weighted by atomic mass is 9.90. The van der Waals surface area contributed by atoms with E-state index in [4.69, 9.17) is 16.2 Å². The van der Waals surface area contributed by atoms with Crippen molar-refractivity contribution in [3.8, 4) is 0 Å². The number of hydrogen-bond acceptors (Lipinski definition) is 3. The Morgan fingerprint density at radius 1 is 1.08 bits per heavy atom. The molecule has 132 valence electrons. The van der Waals surface area contributed by atoms with Gasteiger partial charge in [0.25, 0.3) is 5.91 Å². The first-order valence-corrected chi connectivity index (χ1v) is 8.22. The van der Waals surface area contributed by atoms with Crippen LogP contribution in [-0.4, -0.2) is 22.8 Å². The van der Waals surface area contributed by atoms with Crippen LogP contribution in [0.3, 0.4) is 0 Å². The summed E-state index contributed by atoms with van der Waals surface area (Å²) in [6, 6.07) is 12.2. The van der Waals surface area contributed by atoms with E-state index in [-0.39, 0.29) is 18.2 Å². The monoisotopic (exact) mass is 349 g/mol. The van der Waals surface area contributed by atoms with Gasteiger partial charge in [-0.3, -0.25) is 15.0 Å². The van der Waals surface area contributed by atoms with Crippen LogP contribution >= 0.6 is 0 Å². The molecule has 0 aliphatic heterocycles. The molecule has 2 aromatic carbocycles. The maximum absolute atomic E-state index is 12.4. The van der Waals surface area contributed by atoms with Gasteiger partial charge >= 0.3 is 5.97 Å². The van der Waals surface area contributed by atoms with Crippen LogP contribution in [0.25, 0.3) is 6.08 Å². The Morgan fingerprint density at radius 3 is 2.42 bits per heavy atom. The average Bonchev–Trinajstić information content (AvgIpc) is 2.61. The van der Waals surface area contributed by atoms with Crippen molar-refractivity contribution in [1.82, 2.24) is 0 Å². The van der Waals surface area contributed by atoms with Gasteiger partial charge in [-0.05, 0) is 48.2 Å². The van der Waals surface area contributed by atoms with Crippen LogP contribution in [0.15, 0.2) is 48.0 Å². The fourth-order valence-electron chi connectivity index (χ4n) is 2.97. The van der Waals surface area contributed by atoms with Crippen LogP contribution in [-0.2, 0) is 11.2 Å². The van der Waals surface area contributed by atoms with Crippen LogP contribution in [0.2, 0.25) is 0 Å². The summed E-state index contributed by atoms with van der Waals surface area (Å²) in [7, 11) is 0. The Kier molecular flexibility index (Phi) is 4.84. The summed E-state index contributed by atoms with van der Waals surface area (Å²) in [5.41, 5.74) is 10.1. The minimum Gasteiger partial charge on any atom is -0.481 e. The molecule has 26 heavy (non-hydrogen) atoms. The first kappa shape index (κ1) is 17.4. The van der Waals surface area contributed by atoms with Crippen LogP contribution in [0.5, 0.6) is 0 Å². The van der Waals surface area contributed by atoms with E-state index in [1.807, 2.05) is 18.2 Å². The van der Waals surface area contributed by atoms with Gasteiger partial charge in [0.1, 0.15) is 5.84 Å². The molecule has 1 aliphatic carbocycles. The molecule has 0 saturated carbocycles. The molecule has 0 bridgehead atoms. The zero-order valence-electron chi connectivity index (χ0n) is 14.1. The molecule has 2 aromatic rings. The highest BCUT2D eigenvalue weighted by atomic mass is 16.4. The van der Waals surface area contributed by atoms with E-state index < -0.39 is 5.97 Å². The molecule has 0 radical (unpaired) electrons. The Bertz CT molecular complexity index is 914. The van der Waals surface area contributed by atoms with E-state index in [0.717, 1.165) is 23.1 Å². The molecule has 0 spiro atoms. The van der Waals surface area contributed by atoms with Gasteiger partial charge in [0.2, 0.25) is 0 Å². The number of aryl methyl sites for hydroxylation is 1. The van der Waals surface area contributed by atoms with E-state index in [0.29, 0.717) is 23.2 Å². The highest BCUT2D eigenvalue weighted by molar-refractivity contribution is 6.05. The number of carboxylic acids is 1. The van der Waals surface area contributed by atoms with Crippen LogP contribution in [0.4, 0.5) is 5.69 Å². The number of nitrogen functional groups attached to an aromatic ring is 1. The summed E-state index contributed by atoms with van der Waals surface area (Å²) >= 11 is 0. The van der Waals surface area contributed by atoms with Crippen molar-refractivity contribution in [2.24, 2.45) is 5.73 Å². The lowest BCUT2D eigenvalue weighted by molar-refractivity contribution is -0.136. The highest BCUT2D eigenvalue weighted by Crippen LogP contribution is 2.28. The number of anilines is 1. The summed E-state index contributed by atoms with van der Waals surface area (Å²) in [5, 5.41) is 19.1. The molecule has 1 aliphatic rings. The Morgan fingerprint density at radius 2 is 1.77 bits per heavy atom. The minimum atomic E-state index is -0.820. The van der Waals surface area contributed by atoms with Crippen molar-refractivity contribution in [2.75, 3.05) is 5.32 Å². The van der Waals surface area contributed by atoms with E-state index in [1.54, 1.807) is 30.3 Å². The maximum atomic E-state index is 12.4. The van der Waals surface area contributed by atoms with Crippen LogP contribution < -0.4 is 11.1 Å². The van der Waals surface area contributed by atoms with Gasteiger partial charge in [-0.1, -0.05) is 29.8 Å². The second kappa shape index (κ2) is 7.23. The Labute approximate surface area is 150 Å². The summed E-state index contributed by atoms with van der Waals surface area (Å²) < 4.78 is 0. The smallest absolute Gasteiger partial charge is 0.307 e. The molecular formula is C20H19N3O3. The molecule has 6 heteroatoms. The highest BCUT2D eigenvalue weighted by Gasteiger charge is 2.14. The van der Waals surface area contributed by atoms with Crippen molar-refractivity contribution in [1.29, 1.82) is 5.41 Å². The van der Waals surface area contributed by atoms with Gasteiger partial charge in [0.15, 0.2) is 0 Å². The zero-order chi connectivity index (χ0) is 18.7. The average molecular weight is 349 g/mol. The van der Waals surface area contributed by atoms with Crippen LogP contribution in [0, 0.1) is 5.41 Å². The third kappa shape index (κ3) is 3.97. The summed E-state index contributed by atoms with van der Waals surface area (Å²) in [6.45, 7) is 0. The topological polar surface area (TPSA) is 116 Å². The van der Waals surface area contributed by atoms with E-state index in [2.05, 4.69) is 5.32 Å². The number of carbonyl (C=O) groups excluding carboxylic acids is 1. The number of amides is 1. The summed E-state index contributed by atoms with van der Waals surface area (Å²) in [4.78, 5) is 23.2. The number of nitrogens with two attached hydrogens (primary N) is 1. The number of carbonyl (C=O) groups is 2. The third-order valence-electron chi connectivity index (χ3n) is 4.31. The molecule has 5 N–H and O–H groups in total. The van der Waals surface area contributed by atoms with Gasteiger partial charge in [0.05, 0.1) is 6.42 Å². The number of aliphatic carboxylic acids is 1. The van der Waals surface area contributed by atoms with Crippen molar-refractivity contribution in [2.45, 2.75) is 19.3 Å². The maximum Gasteiger partial charge on any atom is 0.307 e. The number of amidine groups is 1. The van der Waals surface area contributed by atoms with Gasteiger partial charge in [0, 0.05) is 16.8 Å². The molecule has 6 nitrogen and oxygen atoms in total. The van der Waals surface area contributed by atoms with E-state index in [1.165, 1.54) is 0 Å². The summed E-state index contributed by atoms with van der Waals surface area (Å²) in [5.74, 6) is -1.10. The number of fused-ring (bicyclic) bond motifs is 1. The van der Waals surface area contributed by atoms with Crippen LogP contribution in [0.1, 0.15) is 39.9 Å². The van der Waals surface area contributed by atoms with E-state index >= 15 is 0 Å². The molecule has 3 rings (SSSR count). The molecule has 0 fully saturated rings. The molecule has 1 amide bonds. The quantitative estimate of drug-likeness (QED) is 0.490. The fraction of sp³-hybridized carbons (Fsp3) is 0.150. The zero-order valence-corrected chi connectivity index (χ0v) is 14.1. The largest absolute Gasteiger partial charge is 0.481 e. The summed E-state index contributed by atoms with van der Waals surface area (Å²) in [6.07, 6.45) is 3.45. The Hall–Kier alpha value is -3.41. The lowest BCUT2D eigenvalue weighted by Gasteiger charge is -2.17. The number of benzene rings is 2. The Balaban J connectivity index is 1.73. The molecule has 0 saturated heterocycles. The molecular weight excluding hydrogens is 330 g/mol. The molecule has 0 heterocycles. The second-order valence-electron chi connectivity index (χ2n) is 6.23. The first-order chi connectivity index (χ1) is 12.4. The van der Waals surface area contributed by atoms with Gasteiger partial charge in [-0.25, -0.2) is 0 Å². The van der Waals surface area contributed by atoms with Gasteiger partial charge < -0.3 is 16.2 Å². The predicted molar refractivity (Wildman–Crippen MR) is 100 cm³/mol. The number of hydrogen-bond donors (Lipinski definition) is 4. The lowest BCUT2D eigenvalue weighted by Crippen LogP contribution is -2.14. The van der Waals surface area contributed by atoms with Crippen molar-refractivity contribution in [3.63, 3.8) is 0 Å². The molecule has 0 unspecified atom stereocenters. The third-order valence-corrected chi connectivity index (χ3v) is 4.31. The van der Waals surface area contributed by atoms with Crippen molar-refractivity contribution >= 4 is 29.5 Å². The second-order valence-corrected chi connectivity index (χ2v) is 6.23. The van der Waals surface area contributed by atoms with Gasteiger partial charge in [-0.2, -0.15) is 0 Å². The fourth-order valence-corrected chi connectivity index (χ4v) is 2.97. The molecule has 0 aromatic heterocycles. The number of nitrogens with one attached hydrogen (secondary N) is 2. The number of carboxylic acid groups (broad SMARTS) is 1. The van der Waals surface area contributed by atoms with Crippen molar-refractivity contribution < 1.29 is 14.7 Å². The van der Waals surface area contributed by atoms with Gasteiger partial charge in [-0.15, -0.1) is 0 Å². The normalized spacial score (nSPS) is 12.7. The van der Waals surface area contributed by atoms with Crippen molar-refractivity contribution in [3.05, 3.63) is 70.3 Å². The van der Waals surface area contributed by atoms with E-state index in [9.17, 15) is 9.59 Å². The molecule has 0 atom stereocenters. The SMILES string of the molecule is N=C(N)c1ccc(C(=O)Nc2ccc3c(c2)CCC(CC(=O)O)=C3)cc1. The standard InChI is InChI=1S/C20H19N3O3/c21-19(22)13-3-5-14(6-4-13)20(26)23-17-8-7-15-9-12(10-18(24)25)1-2-16(15)11-17/h3-9,11H,1-2,10H2,(H3,21,22)(H,23,26)(H,24,25). The predicted octanol–water partition coefficient (Wildman–Crippen LogP) is 3.03. The minimum absolute atomic E-state index is 0.0398.